The maximum absolute atomic E-state index is 14.6. The van der Waals surface area contributed by atoms with Crippen LogP contribution in [0.1, 0.15) is 54.5 Å². The molecule has 2 aliphatic heterocycles. The van der Waals surface area contributed by atoms with Crippen molar-refractivity contribution in [1.82, 2.24) is 9.55 Å². The molecule has 7 heteroatoms. The summed E-state index contributed by atoms with van der Waals surface area (Å²) in [6.07, 6.45) is 1.71. The minimum atomic E-state index is -1.86. The number of halogens is 1. The van der Waals surface area contributed by atoms with Gasteiger partial charge in [0, 0.05) is 22.6 Å². The maximum atomic E-state index is 14.6. The van der Waals surface area contributed by atoms with Gasteiger partial charge in [0.05, 0.1) is 29.0 Å². The summed E-state index contributed by atoms with van der Waals surface area (Å²) in [5, 5.41) is 11.8. The number of benzene rings is 1. The second-order valence-electron chi connectivity index (χ2n) is 8.38. The summed E-state index contributed by atoms with van der Waals surface area (Å²) in [4.78, 5) is 30.2. The molecule has 1 N–H and O–H groups in total. The molecule has 0 spiro atoms. The summed E-state index contributed by atoms with van der Waals surface area (Å²) >= 11 is 0. The molecular formula is C24H23FN2O4. The Bertz CT molecular complexity index is 1340. The van der Waals surface area contributed by atoms with Gasteiger partial charge in [-0.25, -0.2) is 14.2 Å². The maximum Gasteiger partial charge on any atom is 0.343 e. The van der Waals surface area contributed by atoms with E-state index < -0.39 is 11.6 Å². The molecule has 0 saturated carbocycles. The molecule has 31 heavy (non-hydrogen) atoms. The van der Waals surface area contributed by atoms with Crippen molar-refractivity contribution in [2.45, 2.75) is 58.8 Å². The smallest absolute Gasteiger partial charge is 0.343 e. The monoisotopic (exact) mass is 422 g/mol. The van der Waals surface area contributed by atoms with E-state index in [0.29, 0.717) is 34.6 Å². The fraction of sp³-hybridized carbons (Fsp3) is 0.375. The van der Waals surface area contributed by atoms with Crippen LogP contribution >= 0.6 is 0 Å². The standard InChI is InChI=1S/C24H23FN2O4/c1-4-6-14-12(3)18(25)9-19-15(14)7-13-10-27-20(21(13)26-19)8-17-16(22(27)28)11-31-23(29)24(17,30)5-2/h7-9,30H,4-6,10-11H2,1-3H3/t24-/m0/s1. The fourth-order valence-electron chi connectivity index (χ4n) is 4.83. The predicted molar refractivity (Wildman–Crippen MR) is 113 cm³/mol. The van der Waals surface area contributed by atoms with E-state index >= 15 is 0 Å². The highest BCUT2D eigenvalue weighted by Crippen LogP contribution is 2.39. The number of pyridine rings is 2. The van der Waals surface area contributed by atoms with E-state index in [-0.39, 0.29) is 30.0 Å². The third kappa shape index (κ3) is 2.62. The molecule has 0 saturated heterocycles. The second-order valence-corrected chi connectivity index (χ2v) is 8.38. The third-order valence-corrected chi connectivity index (χ3v) is 6.64. The van der Waals surface area contributed by atoms with Gasteiger partial charge >= 0.3 is 5.97 Å². The number of aromatic nitrogens is 2. The topological polar surface area (TPSA) is 81.4 Å². The van der Waals surface area contributed by atoms with Crippen molar-refractivity contribution in [2.24, 2.45) is 0 Å². The highest BCUT2D eigenvalue weighted by atomic mass is 19.1. The van der Waals surface area contributed by atoms with Gasteiger partial charge in [-0.15, -0.1) is 0 Å². The lowest BCUT2D eigenvalue weighted by Crippen LogP contribution is -2.44. The molecule has 1 aromatic carbocycles. The van der Waals surface area contributed by atoms with Crippen LogP contribution in [-0.2, 0) is 34.7 Å². The first-order chi connectivity index (χ1) is 14.8. The Balaban J connectivity index is 1.78. The first-order valence-electron chi connectivity index (χ1n) is 10.6. The number of fused-ring (bicyclic) bond motifs is 5. The molecule has 0 aliphatic carbocycles. The van der Waals surface area contributed by atoms with Crippen LogP contribution in [0.4, 0.5) is 4.39 Å². The molecule has 2 aromatic heterocycles. The first-order valence-corrected chi connectivity index (χ1v) is 10.6. The Hall–Kier alpha value is -3.06. The van der Waals surface area contributed by atoms with Crippen molar-refractivity contribution >= 4 is 16.9 Å². The molecule has 4 heterocycles. The normalized spacial score (nSPS) is 19.2. The van der Waals surface area contributed by atoms with Crippen molar-refractivity contribution in [3.63, 3.8) is 0 Å². The van der Waals surface area contributed by atoms with Crippen LogP contribution in [0.5, 0.6) is 0 Å². The first kappa shape index (κ1) is 19.9. The average Bonchev–Trinajstić information content (AvgIpc) is 3.11. The molecule has 0 bridgehead atoms. The van der Waals surface area contributed by atoms with Gasteiger partial charge in [-0.3, -0.25) is 4.79 Å². The summed E-state index contributed by atoms with van der Waals surface area (Å²) in [5.74, 6) is -1.05. The van der Waals surface area contributed by atoms with Gasteiger partial charge in [0.1, 0.15) is 12.4 Å². The molecule has 6 nitrogen and oxygen atoms in total. The molecular weight excluding hydrogens is 399 g/mol. The van der Waals surface area contributed by atoms with Gasteiger partial charge < -0.3 is 14.4 Å². The number of carbonyl (C=O) groups is 1. The van der Waals surface area contributed by atoms with Gasteiger partial charge in [0.2, 0.25) is 0 Å². The van der Waals surface area contributed by atoms with Crippen molar-refractivity contribution in [1.29, 1.82) is 0 Å². The number of esters is 1. The van der Waals surface area contributed by atoms with E-state index in [2.05, 4.69) is 6.92 Å². The summed E-state index contributed by atoms with van der Waals surface area (Å²) < 4.78 is 21.3. The lowest BCUT2D eigenvalue weighted by Gasteiger charge is -2.31. The number of hydrogen-bond donors (Lipinski definition) is 1. The predicted octanol–water partition coefficient (Wildman–Crippen LogP) is 3.48. The van der Waals surface area contributed by atoms with Crippen molar-refractivity contribution in [3.05, 3.63) is 62.2 Å². The van der Waals surface area contributed by atoms with E-state index in [1.54, 1.807) is 24.5 Å². The molecule has 1 atom stereocenters. The highest BCUT2D eigenvalue weighted by Gasteiger charge is 2.45. The number of nitrogens with zero attached hydrogens (tertiary/aromatic N) is 2. The Morgan fingerprint density at radius 3 is 2.74 bits per heavy atom. The van der Waals surface area contributed by atoms with Crippen LogP contribution in [0.25, 0.3) is 22.3 Å². The quantitative estimate of drug-likeness (QED) is 0.511. The van der Waals surface area contributed by atoms with E-state index in [0.717, 1.165) is 29.4 Å². The molecule has 5 rings (SSSR count). The number of carbonyl (C=O) groups excluding carboxylic acids is 1. The Labute approximate surface area is 178 Å². The van der Waals surface area contributed by atoms with Crippen LogP contribution in [-0.4, -0.2) is 20.6 Å². The number of hydrogen-bond acceptors (Lipinski definition) is 5. The van der Waals surface area contributed by atoms with Crippen LogP contribution < -0.4 is 5.56 Å². The van der Waals surface area contributed by atoms with Crippen LogP contribution in [0.3, 0.4) is 0 Å². The van der Waals surface area contributed by atoms with E-state index in [4.69, 9.17) is 9.72 Å². The van der Waals surface area contributed by atoms with Crippen LogP contribution in [0.15, 0.2) is 23.0 Å². The number of aliphatic hydroxyl groups is 1. The van der Waals surface area contributed by atoms with E-state index in [9.17, 15) is 19.1 Å². The number of aryl methyl sites for hydroxylation is 1. The summed E-state index contributed by atoms with van der Waals surface area (Å²) in [6, 6.07) is 5.10. The Morgan fingerprint density at radius 2 is 2.03 bits per heavy atom. The lowest BCUT2D eigenvalue weighted by molar-refractivity contribution is -0.172. The zero-order chi connectivity index (χ0) is 22.1. The van der Waals surface area contributed by atoms with Crippen molar-refractivity contribution < 1.29 is 19.0 Å². The van der Waals surface area contributed by atoms with Gasteiger partial charge in [-0.2, -0.15) is 0 Å². The van der Waals surface area contributed by atoms with Gasteiger partial charge in [-0.1, -0.05) is 20.3 Å². The van der Waals surface area contributed by atoms with E-state index in [1.165, 1.54) is 6.07 Å². The van der Waals surface area contributed by atoms with Crippen LogP contribution in [0, 0.1) is 12.7 Å². The van der Waals surface area contributed by atoms with Gasteiger partial charge in [-0.05, 0) is 43.0 Å². The SMILES string of the molecule is CCCc1c(C)c(F)cc2nc3c(cc12)Cn1c-3cc2c(c1=O)COC(=O)[C@]2(O)CC. The molecule has 0 amide bonds. The Morgan fingerprint density at radius 1 is 1.26 bits per heavy atom. The molecule has 2 aliphatic rings. The third-order valence-electron chi connectivity index (χ3n) is 6.64. The average molecular weight is 422 g/mol. The zero-order valence-electron chi connectivity index (χ0n) is 17.7. The Kier molecular flexibility index (Phi) is 4.31. The number of ether oxygens (including phenoxy) is 1. The molecule has 160 valence electrons. The minimum absolute atomic E-state index is 0.0879. The molecule has 3 aromatic rings. The molecule has 0 radical (unpaired) electrons. The highest BCUT2D eigenvalue weighted by molar-refractivity contribution is 5.88. The molecule has 0 fully saturated rings. The van der Waals surface area contributed by atoms with Gasteiger partial charge in [0.15, 0.2) is 5.60 Å². The largest absolute Gasteiger partial charge is 0.458 e. The number of cyclic esters (lactones) is 1. The zero-order valence-corrected chi connectivity index (χ0v) is 17.7. The molecule has 0 unspecified atom stereocenters. The second kappa shape index (κ2) is 6.72. The van der Waals surface area contributed by atoms with Crippen LogP contribution in [0.2, 0.25) is 0 Å². The number of rotatable bonds is 3. The fourth-order valence-corrected chi connectivity index (χ4v) is 4.83. The lowest BCUT2D eigenvalue weighted by atomic mass is 9.86. The van der Waals surface area contributed by atoms with Crippen molar-refractivity contribution in [3.8, 4) is 11.4 Å². The van der Waals surface area contributed by atoms with E-state index in [1.807, 2.05) is 6.07 Å². The summed E-state index contributed by atoms with van der Waals surface area (Å²) in [5.41, 5.74) is 2.48. The van der Waals surface area contributed by atoms with Gasteiger partial charge in [0.25, 0.3) is 5.56 Å². The summed E-state index contributed by atoms with van der Waals surface area (Å²) in [6.45, 7) is 5.67. The minimum Gasteiger partial charge on any atom is -0.458 e. The van der Waals surface area contributed by atoms with Crippen molar-refractivity contribution in [2.75, 3.05) is 0 Å². The summed E-state index contributed by atoms with van der Waals surface area (Å²) in [7, 11) is 0.